The van der Waals surface area contributed by atoms with Crippen LogP contribution in [0.1, 0.15) is 56.8 Å². The zero-order valence-electron chi connectivity index (χ0n) is 28.0. The first-order valence-corrected chi connectivity index (χ1v) is 18.4. The fraction of sp³-hybridized carbons (Fsp3) is 0.441. The number of anilines is 1. The Hall–Kier alpha value is -3.81. The molecule has 0 bridgehead atoms. The number of sulfone groups is 1. The number of hydrogen-bond donors (Lipinski definition) is 1. The van der Waals surface area contributed by atoms with Gasteiger partial charge in [-0.3, -0.25) is 4.79 Å². The van der Waals surface area contributed by atoms with Crippen LogP contribution in [0, 0.1) is 5.92 Å². The molecular weight excluding hydrogens is 680 g/mol. The molecule has 1 N–H and O–H groups in total. The summed E-state index contributed by atoms with van der Waals surface area (Å²) in [7, 11) is -2.15. The average molecular weight is 721 g/mol. The van der Waals surface area contributed by atoms with E-state index in [9.17, 15) is 22.8 Å². The van der Waals surface area contributed by atoms with Crippen molar-refractivity contribution >= 4 is 56.4 Å². The molecule has 2 heterocycles. The molecule has 4 rings (SSSR count). The third-order valence-corrected chi connectivity index (χ3v) is 10.6. The Bertz CT molecular complexity index is 1750. The maximum absolute atomic E-state index is 13.4. The monoisotopic (exact) mass is 720 g/mol. The van der Waals surface area contributed by atoms with Crippen molar-refractivity contribution in [3.8, 4) is 21.9 Å². The van der Waals surface area contributed by atoms with Gasteiger partial charge in [0.1, 0.15) is 24.4 Å². The van der Waals surface area contributed by atoms with Gasteiger partial charge in [0.05, 0.1) is 24.3 Å². The molecule has 0 fully saturated rings. The molecule has 2 unspecified atom stereocenters. The van der Waals surface area contributed by atoms with Crippen LogP contribution in [-0.2, 0) is 30.7 Å². The minimum absolute atomic E-state index is 0.137. The highest BCUT2D eigenvalue weighted by atomic mass is 35.5. The van der Waals surface area contributed by atoms with Gasteiger partial charge < -0.3 is 29.2 Å². The van der Waals surface area contributed by atoms with E-state index in [1.54, 1.807) is 57.7 Å². The third kappa shape index (κ3) is 9.42. The van der Waals surface area contributed by atoms with Crippen molar-refractivity contribution < 1.29 is 41.7 Å². The van der Waals surface area contributed by atoms with Gasteiger partial charge in [0, 0.05) is 27.4 Å². The van der Waals surface area contributed by atoms with E-state index in [2.05, 4.69) is 5.32 Å². The summed E-state index contributed by atoms with van der Waals surface area (Å²) in [5.74, 6) is -1.44. The van der Waals surface area contributed by atoms with Crippen molar-refractivity contribution in [3.05, 3.63) is 64.0 Å². The van der Waals surface area contributed by atoms with Crippen LogP contribution in [0.15, 0.2) is 48.5 Å². The van der Waals surface area contributed by atoms with Crippen molar-refractivity contribution in [2.24, 2.45) is 5.92 Å². The third-order valence-electron chi connectivity index (χ3n) is 7.34. The number of alkyl carbamates (subject to hydrolysis) is 1. The highest BCUT2D eigenvalue weighted by molar-refractivity contribution is 7.91. The SMILES string of the molecule is CCS(=O)(=O)CC(COc1ccc(N2Cc3cc(-c4ccc(Cl)cc4)sc3C2=O)cc1OC)OC(=O)C(NC(=O)OC(C)(C)C)C(C)C. The topological polar surface area (TPSA) is 138 Å². The smallest absolute Gasteiger partial charge is 0.408 e. The molecule has 14 heteroatoms. The summed E-state index contributed by atoms with van der Waals surface area (Å²) >= 11 is 7.44. The molecule has 1 aliphatic heterocycles. The van der Waals surface area contributed by atoms with Crippen molar-refractivity contribution in [1.82, 2.24) is 5.32 Å². The largest absolute Gasteiger partial charge is 0.493 e. The van der Waals surface area contributed by atoms with Crippen molar-refractivity contribution in [1.29, 1.82) is 0 Å². The molecule has 0 aliphatic carbocycles. The molecular formula is C34H41ClN2O9S2. The molecule has 1 aromatic heterocycles. The van der Waals surface area contributed by atoms with Gasteiger partial charge in [-0.25, -0.2) is 18.0 Å². The number of benzene rings is 2. The molecule has 0 saturated heterocycles. The Morgan fingerprint density at radius 2 is 1.75 bits per heavy atom. The van der Waals surface area contributed by atoms with Gasteiger partial charge in [-0.2, -0.15) is 0 Å². The molecule has 0 saturated carbocycles. The number of ether oxygens (including phenoxy) is 4. The fourth-order valence-electron chi connectivity index (χ4n) is 4.87. The van der Waals surface area contributed by atoms with Gasteiger partial charge in [0.25, 0.3) is 5.91 Å². The Kier molecular flexibility index (Phi) is 11.7. The number of hydrogen-bond acceptors (Lipinski definition) is 10. The number of nitrogens with zero attached hydrogens (tertiary/aromatic N) is 1. The predicted octanol–water partition coefficient (Wildman–Crippen LogP) is 6.51. The average Bonchev–Trinajstić information content (AvgIpc) is 3.56. The summed E-state index contributed by atoms with van der Waals surface area (Å²) in [6.07, 6.45) is -2.00. The van der Waals surface area contributed by atoms with E-state index >= 15 is 0 Å². The van der Waals surface area contributed by atoms with E-state index in [0.29, 0.717) is 27.9 Å². The lowest BCUT2D eigenvalue weighted by Gasteiger charge is -2.26. The number of amides is 2. The lowest BCUT2D eigenvalue weighted by molar-refractivity contribution is -0.153. The van der Waals surface area contributed by atoms with E-state index in [1.165, 1.54) is 25.4 Å². The van der Waals surface area contributed by atoms with Crippen LogP contribution in [0.5, 0.6) is 11.5 Å². The van der Waals surface area contributed by atoms with Gasteiger partial charge in [0.2, 0.25) is 0 Å². The maximum Gasteiger partial charge on any atom is 0.408 e. The second-order valence-corrected chi connectivity index (χ2v) is 16.5. The number of carbonyl (C=O) groups excluding carboxylic acids is 3. The van der Waals surface area contributed by atoms with Crippen molar-refractivity contribution in [3.63, 3.8) is 0 Å². The first kappa shape index (κ1) is 37.0. The van der Waals surface area contributed by atoms with Gasteiger partial charge in [-0.1, -0.05) is 44.5 Å². The van der Waals surface area contributed by atoms with Crippen LogP contribution in [0.25, 0.3) is 10.4 Å². The number of thiophene rings is 1. The summed E-state index contributed by atoms with van der Waals surface area (Å²) in [4.78, 5) is 42.3. The van der Waals surface area contributed by atoms with Gasteiger partial charge in [0.15, 0.2) is 21.3 Å². The molecule has 0 radical (unpaired) electrons. The van der Waals surface area contributed by atoms with Crippen molar-refractivity contribution in [2.75, 3.05) is 30.1 Å². The van der Waals surface area contributed by atoms with Gasteiger partial charge >= 0.3 is 12.1 Å². The maximum atomic E-state index is 13.4. The molecule has 11 nitrogen and oxygen atoms in total. The van der Waals surface area contributed by atoms with E-state index in [-0.39, 0.29) is 29.9 Å². The van der Waals surface area contributed by atoms with E-state index in [1.807, 2.05) is 30.3 Å². The molecule has 2 amide bonds. The first-order chi connectivity index (χ1) is 22.5. The Morgan fingerprint density at radius 1 is 1.06 bits per heavy atom. The number of esters is 1. The van der Waals surface area contributed by atoms with Crippen LogP contribution in [0.3, 0.4) is 0 Å². The summed E-state index contributed by atoms with van der Waals surface area (Å²) < 4.78 is 47.5. The van der Waals surface area contributed by atoms with Gasteiger partial charge in [-0.05, 0) is 68.1 Å². The second-order valence-electron chi connectivity index (χ2n) is 12.6. The van der Waals surface area contributed by atoms with Crippen LogP contribution < -0.4 is 19.7 Å². The number of nitrogens with one attached hydrogen (secondary N) is 1. The Morgan fingerprint density at radius 3 is 2.33 bits per heavy atom. The summed E-state index contributed by atoms with van der Waals surface area (Å²) in [6.45, 7) is 10.1. The van der Waals surface area contributed by atoms with Crippen LogP contribution in [0.4, 0.5) is 10.5 Å². The highest BCUT2D eigenvalue weighted by Gasteiger charge is 2.34. The zero-order chi connectivity index (χ0) is 35.4. The molecule has 2 atom stereocenters. The van der Waals surface area contributed by atoms with Crippen LogP contribution in [-0.4, -0.2) is 69.4 Å². The van der Waals surface area contributed by atoms with Crippen molar-refractivity contribution in [2.45, 2.75) is 65.8 Å². The van der Waals surface area contributed by atoms with E-state index in [0.717, 1.165) is 16.0 Å². The molecule has 0 spiro atoms. The predicted molar refractivity (Wildman–Crippen MR) is 186 cm³/mol. The number of rotatable bonds is 13. The molecule has 260 valence electrons. The lowest BCUT2D eigenvalue weighted by atomic mass is 10.1. The number of methoxy groups -OCH3 is 1. The van der Waals surface area contributed by atoms with Gasteiger partial charge in [-0.15, -0.1) is 11.3 Å². The van der Waals surface area contributed by atoms with Crippen LogP contribution >= 0.6 is 22.9 Å². The number of carbonyl (C=O) groups is 3. The molecule has 1 aliphatic rings. The number of halogens is 1. The Labute approximate surface area is 290 Å². The minimum Gasteiger partial charge on any atom is -0.493 e. The zero-order valence-corrected chi connectivity index (χ0v) is 30.4. The fourth-order valence-corrected chi connectivity index (χ4v) is 7.09. The number of fused-ring (bicyclic) bond motifs is 1. The highest BCUT2D eigenvalue weighted by Crippen LogP contribution is 2.40. The van der Waals surface area contributed by atoms with E-state index in [4.69, 9.17) is 30.5 Å². The summed E-state index contributed by atoms with van der Waals surface area (Å²) in [5, 5.41) is 3.16. The van der Waals surface area contributed by atoms with E-state index < -0.39 is 45.4 Å². The molecule has 3 aromatic rings. The minimum atomic E-state index is -3.59. The summed E-state index contributed by atoms with van der Waals surface area (Å²) in [6, 6.07) is 13.4. The standard InChI is InChI=1S/C34H41ClN2O9S2/c1-8-48(41,42)19-25(45-32(39)29(20(2)3)36-33(40)46-34(4,5)6)18-44-26-14-13-24(16-27(26)43-7)37-17-22-15-28(47-30(22)31(37)38)21-9-11-23(35)12-10-21/h9-16,20,25,29H,8,17-19H2,1-7H3,(H,36,40). The van der Waals surface area contributed by atoms with Crippen LogP contribution in [0.2, 0.25) is 5.02 Å². The lowest BCUT2D eigenvalue weighted by Crippen LogP contribution is -2.49. The Balaban J connectivity index is 1.47. The molecule has 2 aromatic carbocycles. The second kappa shape index (κ2) is 15.2. The molecule has 48 heavy (non-hydrogen) atoms. The normalized spacial score (nSPS) is 14.4. The summed E-state index contributed by atoms with van der Waals surface area (Å²) in [5.41, 5.74) is 1.70. The quantitative estimate of drug-likeness (QED) is 0.196. The first-order valence-electron chi connectivity index (χ1n) is 15.4.